The summed E-state index contributed by atoms with van der Waals surface area (Å²) in [6.45, 7) is 0. The maximum absolute atomic E-state index is 5.59. The molecule has 0 bridgehead atoms. The van der Waals surface area contributed by atoms with Gasteiger partial charge in [0.15, 0.2) is 0 Å². The van der Waals surface area contributed by atoms with E-state index >= 15 is 0 Å². The molecule has 0 aliphatic heterocycles. The van der Waals surface area contributed by atoms with Crippen molar-refractivity contribution in [3.8, 4) is 5.75 Å². The fourth-order valence-electron chi connectivity index (χ4n) is 2.36. The average Bonchev–Trinajstić information content (AvgIpc) is 2.46. The Labute approximate surface area is 108 Å². The molecule has 1 aliphatic carbocycles. The first kappa shape index (κ1) is 12.9. The first-order valence-corrected chi connectivity index (χ1v) is 6.52. The van der Waals surface area contributed by atoms with Gasteiger partial charge in [-0.2, -0.15) is 0 Å². The van der Waals surface area contributed by atoms with Crippen LogP contribution in [0.2, 0.25) is 0 Å². The van der Waals surface area contributed by atoms with E-state index in [0.29, 0.717) is 6.04 Å². The zero-order valence-electron chi connectivity index (χ0n) is 10.9. The summed E-state index contributed by atoms with van der Waals surface area (Å²) in [4.78, 5) is 4.72. The quantitative estimate of drug-likeness (QED) is 0.373. The zero-order chi connectivity index (χ0) is 12.8. The first-order chi connectivity index (χ1) is 8.83. The molecule has 18 heavy (non-hydrogen) atoms. The molecule has 0 atom stereocenters. The summed E-state index contributed by atoms with van der Waals surface area (Å²) in [6.07, 6.45) is 6.19. The Kier molecular flexibility index (Phi) is 4.59. The summed E-state index contributed by atoms with van der Waals surface area (Å²) >= 11 is 0. The molecule has 1 aromatic rings. The SMILES string of the molecule is COc1cccc(C(=NC2CCCCC2)NN)c1. The fraction of sp³-hybridized carbons (Fsp3) is 0.500. The second-order valence-corrected chi connectivity index (χ2v) is 4.65. The predicted molar refractivity (Wildman–Crippen MR) is 73.7 cm³/mol. The third kappa shape index (κ3) is 3.23. The van der Waals surface area contributed by atoms with Crippen molar-refractivity contribution < 1.29 is 4.74 Å². The van der Waals surface area contributed by atoms with Gasteiger partial charge in [-0.15, -0.1) is 0 Å². The van der Waals surface area contributed by atoms with E-state index in [1.165, 1.54) is 19.3 Å². The van der Waals surface area contributed by atoms with Crippen LogP contribution in [0.15, 0.2) is 29.3 Å². The summed E-state index contributed by atoms with van der Waals surface area (Å²) in [5.74, 6) is 7.16. The van der Waals surface area contributed by atoms with Crippen LogP contribution in [0, 0.1) is 0 Å². The number of ether oxygens (including phenoxy) is 1. The summed E-state index contributed by atoms with van der Waals surface area (Å²) in [5.41, 5.74) is 3.69. The number of aliphatic imine (C=N–C) groups is 1. The first-order valence-electron chi connectivity index (χ1n) is 6.52. The zero-order valence-corrected chi connectivity index (χ0v) is 10.9. The average molecular weight is 247 g/mol. The Morgan fingerprint density at radius 2 is 2.11 bits per heavy atom. The normalized spacial score (nSPS) is 17.6. The number of rotatable bonds is 3. The molecule has 1 saturated carbocycles. The number of hydrogen-bond acceptors (Lipinski definition) is 3. The molecule has 0 unspecified atom stereocenters. The highest BCUT2D eigenvalue weighted by Crippen LogP contribution is 2.21. The van der Waals surface area contributed by atoms with Gasteiger partial charge in [0.25, 0.3) is 0 Å². The van der Waals surface area contributed by atoms with Crippen LogP contribution in [0.4, 0.5) is 0 Å². The molecule has 98 valence electrons. The van der Waals surface area contributed by atoms with Crippen molar-refractivity contribution in [1.82, 2.24) is 5.43 Å². The van der Waals surface area contributed by atoms with Gasteiger partial charge in [-0.05, 0) is 25.0 Å². The molecular weight excluding hydrogens is 226 g/mol. The highest BCUT2D eigenvalue weighted by Gasteiger charge is 2.13. The monoisotopic (exact) mass is 247 g/mol. The lowest BCUT2D eigenvalue weighted by molar-refractivity contribution is 0.414. The molecule has 1 fully saturated rings. The van der Waals surface area contributed by atoms with E-state index < -0.39 is 0 Å². The van der Waals surface area contributed by atoms with Crippen molar-refractivity contribution in [2.45, 2.75) is 38.1 Å². The Morgan fingerprint density at radius 1 is 1.33 bits per heavy atom. The topological polar surface area (TPSA) is 59.6 Å². The molecule has 0 aromatic heterocycles. The Balaban J connectivity index is 2.17. The Morgan fingerprint density at radius 3 is 2.78 bits per heavy atom. The van der Waals surface area contributed by atoms with Crippen molar-refractivity contribution in [3.05, 3.63) is 29.8 Å². The molecule has 0 saturated heterocycles. The smallest absolute Gasteiger partial charge is 0.142 e. The van der Waals surface area contributed by atoms with Crippen molar-refractivity contribution in [1.29, 1.82) is 0 Å². The third-order valence-electron chi connectivity index (χ3n) is 3.37. The van der Waals surface area contributed by atoms with E-state index in [-0.39, 0.29) is 0 Å². The lowest BCUT2D eigenvalue weighted by Crippen LogP contribution is -2.32. The summed E-state index contributed by atoms with van der Waals surface area (Å²) in [6, 6.07) is 8.20. The van der Waals surface area contributed by atoms with Crippen LogP contribution in [0.3, 0.4) is 0 Å². The van der Waals surface area contributed by atoms with E-state index in [0.717, 1.165) is 30.0 Å². The fourth-order valence-corrected chi connectivity index (χ4v) is 2.36. The summed E-state index contributed by atoms with van der Waals surface area (Å²) in [7, 11) is 1.66. The van der Waals surface area contributed by atoms with Gasteiger partial charge in [-0.1, -0.05) is 31.4 Å². The van der Waals surface area contributed by atoms with Crippen LogP contribution in [-0.2, 0) is 0 Å². The minimum Gasteiger partial charge on any atom is -0.497 e. The summed E-state index contributed by atoms with van der Waals surface area (Å²) < 4.78 is 5.22. The molecule has 0 amide bonds. The van der Waals surface area contributed by atoms with Crippen LogP contribution in [0.5, 0.6) is 5.75 Å². The number of methoxy groups -OCH3 is 1. The number of nitrogens with zero attached hydrogens (tertiary/aromatic N) is 1. The van der Waals surface area contributed by atoms with E-state index in [1.54, 1.807) is 7.11 Å². The molecule has 2 rings (SSSR count). The van der Waals surface area contributed by atoms with Crippen molar-refractivity contribution >= 4 is 5.84 Å². The van der Waals surface area contributed by atoms with Crippen LogP contribution in [0.25, 0.3) is 0 Å². The number of nitrogens with one attached hydrogen (secondary N) is 1. The molecule has 0 heterocycles. The van der Waals surface area contributed by atoms with Crippen molar-refractivity contribution in [3.63, 3.8) is 0 Å². The molecule has 4 nitrogen and oxygen atoms in total. The maximum Gasteiger partial charge on any atom is 0.142 e. The van der Waals surface area contributed by atoms with Crippen molar-refractivity contribution in [2.24, 2.45) is 10.8 Å². The number of hydrogen-bond donors (Lipinski definition) is 2. The molecule has 1 aromatic carbocycles. The van der Waals surface area contributed by atoms with Crippen LogP contribution in [0.1, 0.15) is 37.7 Å². The van der Waals surface area contributed by atoms with E-state index in [4.69, 9.17) is 15.6 Å². The number of amidine groups is 1. The van der Waals surface area contributed by atoms with Gasteiger partial charge in [-0.25, -0.2) is 5.84 Å². The van der Waals surface area contributed by atoms with Gasteiger partial charge in [0, 0.05) is 5.56 Å². The lowest BCUT2D eigenvalue weighted by Gasteiger charge is -2.19. The number of benzene rings is 1. The molecule has 0 radical (unpaired) electrons. The largest absolute Gasteiger partial charge is 0.497 e. The molecule has 0 spiro atoms. The third-order valence-corrected chi connectivity index (χ3v) is 3.37. The number of hydrazine groups is 1. The standard InChI is InChI=1S/C14H21N3O/c1-18-13-9-5-6-11(10-13)14(17-15)16-12-7-3-2-4-8-12/h5-6,9-10,12H,2-4,7-8,15H2,1H3,(H,16,17). The van der Waals surface area contributed by atoms with Gasteiger partial charge in [0.2, 0.25) is 0 Å². The number of nitrogens with two attached hydrogens (primary N) is 1. The van der Waals surface area contributed by atoms with Gasteiger partial charge in [0.05, 0.1) is 13.2 Å². The van der Waals surface area contributed by atoms with Crippen LogP contribution < -0.4 is 16.0 Å². The minimum atomic E-state index is 0.399. The molecule has 1 aliphatic rings. The van der Waals surface area contributed by atoms with Gasteiger partial charge in [-0.3, -0.25) is 4.99 Å². The Hall–Kier alpha value is -1.55. The van der Waals surface area contributed by atoms with Gasteiger partial charge < -0.3 is 10.2 Å². The maximum atomic E-state index is 5.59. The van der Waals surface area contributed by atoms with Gasteiger partial charge >= 0.3 is 0 Å². The van der Waals surface area contributed by atoms with Crippen LogP contribution >= 0.6 is 0 Å². The molecular formula is C14H21N3O. The molecule has 3 N–H and O–H groups in total. The van der Waals surface area contributed by atoms with E-state index in [1.807, 2.05) is 24.3 Å². The van der Waals surface area contributed by atoms with Crippen molar-refractivity contribution in [2.75, 3.05) is 7.11 Å². The lowest BCUT2D eigenvalue weighted by atomic mass is 9.96. The summed E-state index contributed by atoms with van der Waals surface area (Å²) in [5, 5.41) is 0. The second kappa shape index (κ2) is 6.40. The van der Waals surface area contributed by atoms with E-state index in [9.17, 15) is 0 Å². The highest BCUT2D eigenvalue weighted by molar-refractivity contribution is 5.98. The van der Waals surface area contributed by atoms with Crippen LogP contribution in [-0.4, -0.2) is 19.0 Å². The van der Waals surface area contributed by atoms with Gasteiger partial charge in [0.1, 0.15) is 11.6 Å². The Bertz CT molecular complexity index is 411. The highest BCUT2D eigenvalue weighted by atomic mass is 16.5. The predicted octanol–water partition coefficient (Wildman–Crippen LogP) is 2.24. The van der Waals surface area contributed by atoms with E-state index in [2.05, 4.69) is 5.43 Å². The second-order valence-electron chi connectivity index (χ2n) is 4.65. The minimum absolute atomic E-state index is 0.399. The molecule has 4 heteroatoms.